The summed E-state index contributed by atoms with van der Waals surface area (Å²) >= 11 is 0. The second-order valence-electron chi connectivity index (χ2n) is 8.42. The summed E-state index contributed by atoms with van der Waals surface area (Å²) in [6.45, 7) is 0. The Balaban J connectivity index is 1.56. The number of hydrogen-bond acceptors (Lipinski definition) is 3. The zero-order valence-corrected chi connectivity index (χ0v) is 16.9. The van der Waals surface area contributed by atoms with Crippen molar-refractivity contribution < 1.29 is 14.3 Å². The number of hydrogen-bond donors (Lipinski definition) is 1. The summed E-state index contributed by atoms with van der Waals surface area (Å²) in [5.41, 5.74) is 2.20. The van der Waals surface area contributed by atoms with E-state index >= 15 is 0 Å². The molecule has 1 N–H and O–H groups in total. The summed E-state index contributed by atoms with van der Waals surface area (Å²) in [4.78, 5) is 25.7. The molecule has 4 heteroatoms. The van der Waals surface area contributed by atoms with Crippen LogP contribution in [0.3, 0.4) is 0 Å². The molecule has 1 aliphatic carbocycles. The summed E-state index contributed by atoms with van der Waals surface area (Å²) < 4.78 is 5.76. The van der Waals surface area contributed by atoms with Crippen LogP contribution in [0.2, 0.25) is 0 Å². The molecular weight excluding hydrogens is 374 g/mol. The minimum atomic E-state index is -0.628. The van der Waals surface area contributed by atoms with Gasteiger partial charge in [-0.3, -0.25) is 9.59 Å². The van der Waals surface area contributed by atoms with Crippen molar-refractivity contribution in [1.82, 2.24) is 0 Å². The van der Waals surface area contributed by atoms with Crippen molar-refractivity contribution in [3.05, 3.63) is 66.7 Å². The molecule has 2 fully saturated rings. The van der Waals surface area contributed by atoms with Crippen LogP contribution < -0.4 is 5.32 Å². The van der Waals surface area contributed by atoms with Crippen molar-refractivity contribution in [2.75, 3.05) is 5.32 Å². The fourth-order valence-corrected chi connectivity index (χ4v) is 5.10. The molecule has 1 spiro atoms. The van der Waals surface area contributed by atoms with Gasteiger partial charge in [0.25, 0.3) is 0 Å². The third kappa shape index (κ3) is 3.26. The number of ether oxygens (including phenoxy) is 1. The molecule has 1 saturated heterocycles. The Morgan fingerprint density at radius 2 is 1.63 bits per heavy atom. The summed E-state index contributed by atoms with van der Waals surface area (Å²) in [5, 5.41) is 5.28. The Bertz CT molecular complexity index is 1100. The van der Waals surface area contributed by atoms with E-state index in [1.54, 1.807) is 0 Å². The molecule has 1 aliphatic heterocycles. The minimum Gasteiger partial charge on any atom is -0.458 e. The number of rotatable bonds is 3. The number of nitrogens with one attached hydrogen (secondary N) is 1. The van der Waals surface area contributed by atoms with Crippen LogP contribution in [0, 0.1) is 5.92 Å². The molecule has 152 valence electrons. The summed E-state index contributed by atoms with van der Waals surface area (Å²) in [6, 6.07) is 22.3. The highest BCUT2D eigenvalue weighted by molar-refractivity contribution is 6.09. The number of carbonyl (C=O) groups is 2. The van der Waals surface area contributed by atoms with Crippen LogP contribution in [0.4, 0.5) is 5.69 Å². The Labute approximate surface area is 176 Å². The van der Waals surface area contributed by atoms with Gasteiger partial charge in [0.1, 0.15) is 5.60 Å². The van der Waals surface area contributed by atoms with Crippen molar-refractivity contribution in [3.63, 3.8) is 0 Å². The van der Waals surface area contributed by atoms with Crippen LogP contribution in [0.25, 0.3) is 21.9 Å². The van der Waals surface area contributed by atoms with Gasteiger partial charge in [-0.15, -0.1) is 0 Å². The highest BCUT2D eigenvalue weighted by atomic mass is 16.6. The van der Waals surface area contributed by atoms with Gasteiger partial charge < -0.3 is 10.1 Å². The van der Waals surface area contributed by atoms with Crippen molar-refractivity contribution in [2.45, 2.75) is 44.1 Å². The van der Waals surface area contributed by atoms with E-state index < -0.39 is 11.5 Å². The van der Waals surface area contributed by atoms with Gasteiger partial charge in [0.2, 0.25) is 5.91 Å². The molecule has 4 nitrogen and oxygen atoms in total. The molecule has 2 aliphatic rings. The molecule has 1 heterocycles. The van der Waals surface area contributed by atoms with Crippen molar-refractivity contribution in [2.24, 2.45) is 5.92 Å². The highest BCUT2D eigenvalue weighted by Gasteiger charge is 2.52. The SMILES string of the molecule is O=C1CC(C(=O)Nc2c(-c3ccccc3)ccc3ccccc23)C2(CCCCC2)O1. The Morgan fingerprint density at radius 3 is 2.43 bits per heavy atom. The van der Waals surface area contributed by atoms with E-state index in [2.05, 4.69) is 17.4 Å². The first kappa shape index (κ1) is 18.9. The van der Waals surface area contributed by atoms with Crippen molar-refractivity contribution in [3.8, 4) is 11.1 Å². The molecule has 30 heavy (non-hydrogen) atoms. The monoisotopic (exact) mass is 399 g/mol. The molecule has 0 bridgehead atoms. The maximum atomic E-state index is 13.5. The van der Waals surface area contributed by atoms with Crippen molar-refractivity contribution in [1.29, 1.82) is 0 Å². The van der Waals surface area contributed by atoms with Gasteiger partial charge in [0.05, 0.1) is 18.0 Å². The predicted octanol–water partition coefficient (Wildman–Crippen LogP) is 5.71. The van der Waals surface area contributed by atoms with Crippen LogP contribution in [-0.2, 0) is 14.3 Å². The third-order valence-electron chi connectivity index (χ3n) is 6.60. The van der Waals surface area contributed by atoms with Gasteiger partial charge in [0.15, 0.2) is 0 Å². The first-order valence-electron chi connectivity index (χ1n) is 10.8. The summed E-state index contributed by atoms with van der Waals surface area (Å²) in [5.74, 6) is -0.803. The molecule has 5 rings (SSSR count). The van der Waals surface area contributed by atoms with E-state index in [0.29, 0.717) is 0 Å². The highest BCUT2D eigenvalue weighted by Crippen LogP contribution is 2.45. The lowest BCUT2D eigenvalue weighted by Gasteiger charge is -2.36. The quantitative estimate of drug-likeness (QED) is 0.574. The first-order chi connectivity index (χ1) is 14.7. The summed E-state index contributed by atoms with van der Waals surface area (Å²) in [7, 11) is 0. The van der Waals surface area contributed by atoms with E-state index in [4.69, 9.17) is 4.74 Å². The first-order valence-corrected chi connectivity index (χ1v) is 10.8. The minimum absolute atomic E-state index is 0.115. The van der Waals surface area contributed by atoms with E-state index in [0.717, 1.165) is 59.7 Å². The van der Waals surface area contributed by atoms with Gasteiger partial charge in [0, 0.05) is 10.9 Å². The third-order valence-corrected chi connectivity index (χ3v) is 6.60. The Hall–Kier alpha value is -3.14. The Morgan fingerprint density at radius 1 is 0.900 bits per heavy atom. The number of amides is 1. The van der Waals surface area contributed by atoms with E-state index in [1.807, 2.05) is 54.6 Å². The summed E-state index contributed by atoms with van der Waals surface area (Å²) in [6.07, 6.45) is 4.85. The van der Waals surface area contributed by atoms with Crippen LogP contribution in [-0.4, -0.2) is 17.5 Å². The maximum Gasteiger partial charge on any atom is 0.307 e. The molecule has 0 aromatic heterocycles. The second-order valence-corrected chi connectivity index (χ2v) is 8.42. The van der Waals surface area contributed by atoms with E-state index in [-0.39, 0.29) is 18.3 Å². The smallest absolute Gasteiger partial charge is 0.307 e. The van der Waals surface area contributed by atoms with Gasteiger partial charge in [-0.25, -0.2) is 0 Å². The maximum absolute atomic E-state index is 13.5. The number of benzene rings is 3. The van der Waals surface area contributed by atoms with Gasteiger partial charge in [-0.1, -0.05) is 73.2 Å². The molecule has 1 amide bonds. The normalized spacial score (nSPS) is 20.3. The lowest BCUT2D eigenvalue weighted by Crippen LogP contribution is -2.43. The molecular formula is C26H25NO3. The van der Waals surface area contributed by atoms with E-state index in [9.17, 15) is 9.59 Å². The van der Waals surface area contributed by atoms with Crippen LogP contribution in [0.15, 0.2) is 66.7 Å². The van der Waals surface area contributed by atoms with Gasteiger partial charge in [-0.05, 0) is 36.6 Å². The van der Waals surface area contributed by atoms with E-state index in [1.165, 1.54) is 0 Å². The number of carbonyl (C=O) groups excluding carboxylic acids is 2. The molecule has 1 saturated carbocycles. The largest absolute Gasteiger partial charge is 0.458 e. The van der Waals surface area contributed by atoms with Crippen LogP contribution in [0.1, 0.15) is 38.5 Å². The van der Waals surface area contributed by atoms with Crippen LogP contribution in [0.5, 0.6) is 0 Å². The molecule has 0 radical (unpaired) electrons. The van der Waals surface area contributed by atoms with Gasteiger partial charge >= 0.3 is 5.97 Å². The number of anilines is 1. The fourth-order valence-electron chi connectivity index (χ4n) is 5.10. The second kappa shape index (κ2) is 7.60. The predicted molar refractivity (Wildman–Crippen MR) is 118 cm³/mol. The van der Waals surface area contributed by atoms with Gasteiger partial charge in [-0.2, -0.15) is 0 Å². The zero-order chi connectivity index (χ0) is 20.6. The molecule has 1 atom stereocenters. The Kier molecular flexibility index (Phi) is 4.78. The lowest BCUT2D eigenvalue weighted by atomic mass is 9.75. The molecule has 3 aromatic carbocycles. The lowest BCUT2D eigenvalue weighted by molar-refractivity contribution is -0.153. The van der Waals surface area contributed by atoms with Crippen LogP contribution >= 0.6 is 0 Å². The average molecular weight is 399 g/mol. The molecule has 1 unspecified atom stereocenters. The fraction of sp³-hybridized carbons (Fsp3) is 0.308. The topological polar surface area (TPSA) is 55.4 Å². The standard InChI is InChI=1S/C26H25NO3/c28-23-17-22(26(30-23)15-7-2-8-16-26)25(29)27-24-20-12-6-5-11-19(20)13-14-21(24)18-9-3-1-4-10-18/h1,3-6,9-14,22H,2,7-8,15-17H2,(H,27,29). The zero-order valence-electron chi connectivity index (χ0n) is 16.9. The molecule has 3 aromatic rings. The average Bonchev–Trinajstić information content (AvgIpc) is 3.10. The number of fused-ring (bicyclic) bond motifs is 1. The van der Waals surface area contributed by atoms with Crippen molar-refractivity contribution >= 4 is 28.3 Å². The number of esters is 1.